The second kappa shape index (κ2) is 4.55. The third-order valence-corrected chi connectivity index (χ3v) is 4.40. The molecule has 1 N–H and O–H groups in total. The molecule has 2 fully saturated rings. The summed E-state index contributed by atoms with van der Waals surface area (Å²) in [6, 6.07) is 6.28. The largest absolute Gasteiger partial charge is 0.440 e. The van der Waals surface area contributed by atoms with Gasteiger partial charge in [0.2, 0.25) is 0 Å². The second-order valence-electron chi connectivity index (χ2n) is 6.04. The number of nitrogens with one attached hydrogen (secondary N) is 1. The maximum absolute atomic E-state index is 5.79. The Labute approximate surface area is 113 Å². The Hall–Kier alpha value is -1.51. The number of aromatic nitrogens is 1. The van der Waals surface area contributed by atoms with Crippen molar-refractivity contribution < 1.29 is 4.42 Å². The van der Waals surface area contributed by atoms with E-state index in [0.717, 1.165) is 29.5 Å². The van der Waals surface area contributed by atoms with E-state index in [1.807, 2.05) is 6.07 Å². The van der Waals surface area contributed by atoms with Gasteiger partial charge in [-0.05, 0) is 49.8 Å². The van der Waals surface area contributed by atoms with Gasteiger partial charge in [0.05, 0.1) is 0 Å². The lowest BCUT2D eigenvalue weighted by molar-refractivity contribution is 0.533. The smallest absolute Gasteiger partial charge is 0.198 e. The van der Waals surface area contributed by atoms with Crippen molar-refractivity contribution in [3.63, 3.8) is 0 Å². The lowest BCUT2D eigenvalue weighted by Crippen LogP contribution is -2.10. The van der Waals surface area contributed by atoms with Gasteiger partial charge in [-0.2, -0.15) is 0 Å². The van der Waals surface area contributed by atoms with E-state index in [2.05, 4.69) is 22.4 Å². The molecule has 4 rings (SSSR count). The molecular formula is C16H20N2O. The van der Waals surface area contributed by atoms with E-state index in [9.17, 15) is 0 Å². The molecule has 0 atom stereocenters. The van der Waals surface area contributed by atoms with Gasteiger partial charge < -0.3 is 9.73 Å². The first kappa shape index (κ1) is 11.3. The summed E-state index contributed by atoms with van der Waals surface area (Å²) in [4.78, 5) is 4.61. The van der Waals surface area contributed by atoms with Crippen molar-refractivity contribution in [1.82, 2.24) is 4.98 Å². The van der Waals surface area contributed by atoms with Crippen LogP contribution >= 0.6 is 0 Å². The zero-order valence-electron chi connectivity index (χ0n) is 11.2. The number of benzene rings is 1. The Morgan fingerprint density at radius 3 is 2.79 bits per heavy atom. The van der Waals surface area contributed by atoms with Crippen molar-refractivity contribution in [3.8, 4) is 0 Å². The van der Waals surface area contributed by atoms with Gasteiger partial charge >= 0.3 is 0 Å². The van der Waals surface area contributed by atoms with Crippen LogP contribution in [0.2, 0.25) is 0 Å². The fourth-order valence-corrected chi connectivity index (χ4v) is 3.04. The highest BCUT2D eigenvalue weighted by atomic mass is 16.3. The first-order chi connectivity index (χ1) is 9.38. The molecule has 2 aliphatic rings. The predicted molar refractivity (Wildman–Crippen MR) is 76.4 cm³/mol. The van der Waals surface area contributed by atoms with Crippen LogP contribution < -0.4 is 5.32 Å². The van der Waals surface area contributed by atoms with Gasteiger partial charge in [0.25, 0.3) is 0 Å². The van der Waals surface area contributed by atoms with E-state index in [-0.39, 0.29) is 0 Å². The lowest BCUT2D eigenvalue weighted by atomic mass is 10.1. The first-order valence-corrected chi connectivity index (χ1v) is 7.53. The molecule has 0 spiro atoms. The molecule has 1 aromatic carbocycles. The highest BCUT2D eigenvalue weighted by Gasteiger charge is 2.28. The highest BCUT2D eigenvalue weighted by molar-refractivity contribution is 5.77. The molecule has 3 nitrogen and oxygen atoms in total. The molecule has 0 amide bonds. The Balaban J connectivity index is 1.50. The standard InChI is InChI=1S/C16H20N2O/c1-2-4-11(3-1)10-17-13-7-8-15-14(9-13)18-16(19-15)12-5-6-12/h7-9,11-12,17H,1-6,10H2. The summed E-state index contributed by atoms with van der Waals surface area (Å²) in [5.74, 6) is 2.38. The minimum atomic E-state index is 0.585. The van der Waals surface area contributed by atoms with Gasteiger partial charge in [-0.3, -0.25) is 0 Å². The van der Waals surface area contributed by atoms with E-state index < -0.39 is 0 Å². The van der Waals surface area contributed by atoms with Crippen LogP contribution in [-0.2, 0) is 0 Å². The quantitative estimate of drug-likeness (QED) is 0.886. The van der Waals surface area contributed by atoms with Crippen molar-refractivity contribution >= 4 is 16.8 Å². The molecule has 0 aliphatic heterocycles. The molecule has 0 unspecified atom stereocenters. The average Bonchev–Trinajstić information content (AvgIpc) is 3.00. The molecule has 2 saturated carbocycles. The maximum Gasteiger partial charge on any atom is 0.198 e. The SMILES string of the molecule is c1cc2oc(C3CC3)nc2cc1NCC1CCCC1. The van der Waals surface area contributed by atoms with Gasteiger partial charge in [0.1, 0.15) is 5.52 Å². The van der Waals surface area contributed by atoms with Crippen molar-refractivity contribution in [2.45, 2.75) is 44.4 Å². The topological polar surface area (TPSA) is 38.1 Å². The van der Waals surface area contributed by atoms with E-state index in [4.69, 9.17) is 4.42 Å². The van der Waals surface area contributed by atoms with E-state index in [0.29, 0.717) is 5.92 Å². The maximum atomic E-state index is 5.79. The molecule has 100 valence electrons. The molecule has 19 heavy (non-hydrogen) atoms. The molecule has 2 aliphatic carbocycles. The minimum Gasteiger partial charge on any atom is -0.440 e. The van der Waals surface area contributed by atoms with Crippen LogP contribution in [0.15, 0.2) is 22.6 Å². The fraction of sp³-hybridized carbons (Fsp3) is 0.562. The molecule has 0 bridgehead atoms. The van der Waals surface area contributed by atoms with Gasteiger partial charge in [-0.1, -0.05) is 12.8 Å². The van der Waals surface area contributed by atoms with Crippen molar-refractivity contribution in [3.05, 3.63) is 24.1 Å². The normalized spacial score (nSPS) is 20.2. The number of nitrogens with zero attached hydrogens (tertiary/aromatic N) is 1. The van der Waals surface area contributed by atoms with E-state index >= 15 is 0 Å². The average molecular weight is 256 g/mol. The third-order valence-electron chi connectivity index (χ3n) is 4.40. The summed E-state index contributed by atoms with van der Waals surface area (Å²) in [6.45, 7) is 1.10. The van der Waals surface area contributed by atoms with Crippen LogP contribution in [-0.4, -0.2) is 11.5 Å². The van der Waals surface area contributed by atoms with Crippen LogP contribution in [0.25, 0.3) is 11.1 Å². The highest BCUT2D eigenvalue weighted by Crippen LogP contribution is 2.40. The summed E-state index contributed by atoms with van der Waals surface area (Å²) in [7, 11) is 0. The fourth-order valence-electron chi connectivity index (χ4n) is 3.04. The van der Waals surface area contributed by atoms with Crippen molar-refractivity contribution in [2.24, 2.45) is 5.92 Å². The molecule has 0 radical (unpaired) electrons. The molecule has 0 saturated heterocycles. The van der Waals surface area contributed by atoms with Crippen LogP contribution in [0.1, 0.15) is 50.3 Å². The van der Waals surface area contributed by atoms with Gasteiger partial charge in [0.15, 0.2) is 11.5 Å². The summed E-state index contributed by atoms with van der Waals surface area (Å²) in [5.41, 5.74) is 3.10. The van der Waals surface area contributed by atoms with Gasteiger partial charge in [0, 0.05) is 18.2 Å². The van der Waals surface area contributed by atoms with Crippen LogP contribution in [0.5, 0.6) is 0 Å². The Kier molecular flexibility index (Phi) is 2.71. The number of rotatable bonds is 4. The predicted octanol–water partition coefficient (Wildman–Crippen LogP) is 4.31. The minimum absolute atomic E-state index is 0.585. The number of anilines is 1. The second-order valence-corrected chi connectivity index (χ2v) is 6.04. The lowest BCUT2D eigenvalue weighted by Gasteiger charge is -2.11. The molecule has 2 aromatic rings. The zero-order valence-corrected chi connectivity index (χ0v) is 11.2. The summed E-state index contributed by atoms with van der Waals surface area (Å²) < 4.78 is 5.79. The van der Waals surface area contributed by atoms with Crippen LogP contribution in [0.4, 0.5) is 5.69 Å². The van der Waals surface area contributed by atoms with Gasteiger partial charge in [-0.15, -0.1) is 0 Å². The Bertz CT molecular complexity index is 579. The van der Waals surface area contributed by atoms with E-state index in [1.165, 1.54) is 44.2 Å². The summed E-state index contributed by atoms with van der Waals surface area (Å²) in [5, 5.41) is 3.55. The van der Waals surface area contributed by atoms with E-state index in [1.54, 1.807) is 0 Å². The molecular weight excluding hydrogens is 236 g/mol. The molecule has 1 aromatic heterocycles. The van der Waals surface area contributed by atoms with Crippen LogP contribution in [0, 0.1) is 5.92 Å². The van der Waals surface area contributed by atoms with Gasteiger partial charge in [-0.25, -0.2) is 4.98 Å². The monoisotopic (exact) mass is 256 g/mol. The van der Waals surface area contributed by atoms with Crippen LogP contribution in [0.3, 0.4) is 0 Å². The number of hydrogen-bond donors (Lipinski definition) is 1. The summed E-state index contributed by atoms with van der Waals surface area (Å²) >= 11 is 0. The summed E-state index contributed by atoms with van der Waals surface area (Å²) in [6.07, 6.45) is 8.04. The Morgan fingerprint density at radius 2 is 2.00 bits per heavy atom. The first-order valence-electron chi connectivity index (χ1n) is 7.53. The molecule has 1 heterocycles. The van der Waals surface area contributed by atoms with Crippen molar-refractivity contribution in [1.29, 1.82) is 0 Å². The number of fused-ring (bicyclic) bond motifs is 1. The zero-order chi connectivity index (χ0) is 12.7. The molecule has 3 heteroatoms. The number of oxazole rings is 1. The van der Waals surface area contributed by atoms with Crippen molar-refractivity contribution in [2.75, 3.05) is 11.9 Å². The third kappa shape index (κ3) is 2.34. The number of hydrogen-bond acceptors (Lipinski definition) is 3. The Morgan fingerprint density at radius 1 is 1.16 bits per heavy atom.